The van der Waals surface area contributed by atoms with E-state index in [0.717, 1.165) is 24.2 Å². The maximum Gasteiger partial charge on any atom is 0.142 e. The second kappa shape index (κ2) is 7.68. The molecule has 0 amide bonds. The van der Waals surface area contributed by atoms with Crippen LogP contribution < -0.4 is 10.1 Å². The van der Waals surface area contributed by atoms with Crippen molar-refractivity contribution in [3.05, 3.63) is 64.2 Å². The average molecular weight is 301 g/mol. The van der Waals surface area contributed by atoms with E-state index in [4.69, 9.17) is 21.6 Å². The van der Waals surface area contributed by atoms with Crippen molar-refractivity contribution in [1.29, 1.82) is 5.26 Å². The summed E-state index contributed by atoms with van der Waals surface area (Å²) < 4.78 is 5.87. The quantitative estimate of drug-likeness (QED) is 0.880. The molecule has 0 bridgehead atoms. The molecule has 2 aromatic carbocycles. The van der Waals surface area contributed by atoms with Crippen LogP contribution in [0.1, 0.15) is 23.6 Å². The lowest BCUT2D eigenvalue weighted by Gasteiger charge is -2.13. The van der Waals surface area contributed by atoms with E-state index in [1.165, 1.54) is 0 Å². The predicted octanol–water partition coefficient (Wildman–Crippen LogP) is 3.90. The molecule has 0 unspecified atom stereocenters. The zero-order valence-corrected chi connectivity index (χ0v) is 12.7. The van der Waals surface area contributed by atoms with Gasteiger partial charge in [0.25, 0.3) is 0 Å². The maximum absolute atomic E-state index is 8.79. The highest BCUT2D eigenvalue weighted by atomic mass is 35.5. The van der Waals surface area contributed by atoms with Crippen LogP contribution in [-0.2, 0) is 13.2 Å². The molecule has 21 heavy (non-hydrogen) atoms. The summed E-state index contributed by atoms with van der Waals surface area (Å²) in [4.78, 5) is 0. The van der Waals surface area contributed by atoms with E-state index < -0.39 is 0 Å². The monoisotopic (exact) mass is 300 g/mol. The highest BCUT2D eigenvalue weighted by molar-refractivity contribution is 6.32. The van der Waals surface area contributed by atoms with Gasteiger partial charge >= 0.3 is 0 Å². The van der Waals surface area contributed by atoms with Crippen LogP contribution in [0, 0.1) is 11.3 Å². The summed E-state index contributed by atoms with van der Waals surface area (Å²) in [6, 6.07) is 15.2. The minimum atomic E-state index is 0.425. The highest BCUT2D eigenvalue weighted by Gasteiger charge is 2.08. The number of ether oxygens (including phenoxy) is 1. The molecule has 0 atom stereocenters. The van der Waals surface area contributed by atoms with E-state index in [1.54, 1.807) is 12.1 Å². The maximum atomic E-state index is 8.79. The van der Waals surface area contributed by atoms with Gasteiger partial charge in [0.2, 0.25) is 0 Å². The van der Waals surface area contributed by atoms with Crippen LogP contribution in [-0.4, -0.2) is 6.54 Å². The second-order valence-corrected chi connectivity index (χ2v) is 5.01. The van der Waals surface area contributed by atoms with Gasteiger partial charge in [-0.1, -0.05) is 42.8 Å². The fraction of sp³-hybridized carbons (Fsp3) is 0.235. The van der Waals surface area contributed by atoms with Crippen LogP contribution in [0.4, 0.5) is 0 Å². The van der Waals surface area contributed by atoms with E-state index in [1.807, 2.05) is 30.3 Å². The summed E-state index contributed by atoms with van der Waals surface area (Å²) in [5.74, 6) is 0.712. The summed E-state index contributed by atoms with van der Waals surface area (Å²) >= 11 is 6.23. The first-order valence-electron chi connectivity index (χ1n) is 6.84. The third kappa shape index (κ3) is 4.22. The van der Waals surface area contributed by atoms with E-state index in [9.17, 15) is 0 Å². The minimum absolute atomic E-state index is 0.425. The Morgan fingerprint density at radius 1 is 1.19 bits per heavy atom. The molecule has 0 saturated heterocycles. The van der Waals surface area contributed by atoms with E-state index >= 15 is 0 Å². The van der Waals surface area contributed by atoms with Crippen molar-refractivity contribution in [2.75, 3.05) is 6.54 Å². The van der Waals surface area contributed by atoms with Crippen LogP contribution >= 0.6 is 11.6 Å². The summed E-state index contributed by atoms with van der Waals surface area (Å²) in [7, 11) is 0. The van der Waals surface area contributed by atoms with Crippen molar-refractivity contribution >= 4 is 11.6 Å². The highest BCUT2D eigenvalue weighted by Crippen LogP contribution is 2.29. The first-order valence-corrected chi connectivity index (χ1v) is 7.22. The Morgan fingerprint density at radius 3 is 2.62 bits per heavy atom. The molecule has 108 valence electrons. The predicted molar refractivity (Wildman–Crippen MR) is 84.3 cm³/mol. The lowest BCUT2D eigenvalue weighted by Crippen LogP contribution is -2.13. The first-order chi connectivity index (χ1) is 10.2. The van der Waals surface area contributed by atoms with Gasteiger partial charge in [-0.2, -0.15) is 5.26 Å². The van der Waals surface area contributed by atoms with Gasteiger partial charge in [-0.15, -0.1) is 0 Å². The van der Waals surface area contributed by atoms with Crippen LogP contribution in [0.2, 0.25) is 5.02 Å². The molecule has 0 aliphatic heterocycles. The fourth-order valence-corrected chi connectivity index (χ4v) is 2.19. The number of rotatable bonds is 6. The van der Waals surface area contributed by atoms with Crippen molar-refractivity contribution in [3.8, 4) is 11.8 Å². The molecule has 0 aromatic heterocycles. The van der Waals surface area contributed by atoms with Crippen LogP contribution in [0.3, 0.4) is 0 Å². The zero-order valence-electron chi connectivity index (χ0n) is 11.9. The molecular weight excluding hydrogens is 284 g/mol. The van der Waals surface area contributed by atoms with Crippen LogP contribution in [0.25, 0.3) is 0 Å². The molecule has 2 rings (SSSR count). The largest absolute Gasteiger partial charge is 0.487 e. The standard InChI is InChI=1S/C17H17ClN2O/c1-2-20-11-15-4-3-5-16(18)17(15)21-12-14-8-6-13(10-19)7-9-14/h3-9,20H,2,11-12H2,1H3. The van der Waals surface area contributed by atoms with Gasteiger partial charge in [0.15, 0.2) is 0 Å². The van der Waals surface area contributed by atoms with Crippen LogP contribution in [0.15, 0.2) is 42.5 Å². The van der Waals surface area contributed by atoms with Gasteiger partial charge in [0.05, 0.1) is 16.7 Å². The van der Waals surface area contributed by atoms with Gasteiger partial charge in [-0.05, 0) is 30.3 Å². The minimum Gasteiger partial charge on any atom is -0.487 e. The molecule has 0 heterocycles. The molecule has 0 aliphatic rings. The smallest absolute Gasteiger partial charge is 0.142 e. The molecule has 4 heteroatoms. The number of nitrogens with zero attached hydrogens (tertiary/aromatic N) is 1. The number of hydrogen-bond donors (Lipinski definition) is 1. The first kappa shape index (κ1) is 15.4. The Bertz CT molecular complexity index is 632. The van der Waals surface area contributed by atoms with Crippen molar-refractivity contribution in [1.82, 2.24) is 5.32 Å². The number of nitriles is 1. The third-order valence-electron chi connectivity index (χ3n) is 3.08. The van der Waals surface area contributed by atoms with Gasteiger partial charge < -0.3 is 10.1 Å². The van der Waals surface area contributed by atoms with Crippen molar-refractivity contribution < 1.29 is 4.74 Å². The Kier molecular flexibility index (Phi) is 5.62. The van der Waals surface area contributed by atoms with Crippen molar-refractivity contribution in [3.63, 3.8) is 0 Å². The summed E-state index contributed by atoms with van der Waals surface area (Å²) in [5, 5.41) is 12.7. The molecule has 0 aliphatic carbocycles. The molecule has 1 N–H and O–H groups in total. The second-order valence-electron chi connectivity index (χ2n) is 4.61. The normalized spacial score (nSPS) is 10.1. The van der Waals surface area contributed by atoms with Gasteiger partial charge in [-0.25, -0.2) is 0 Å². The zero-order chi connectivity index (χ0) is 15.1. The molecule has 0 saturated carbocycles. The third-order valence-corrected chi connectivity index (χ3v) is 3.38. The molecule has 0 spiro atoms. The van der Waals surface area contributed by atoms with Crippen molar-refractivity contribution in [2.24, 2.45) is 0 Å². The lowest BCUT2D eigenvalue weighted by atomic mass is 10.1. The molecule has 2 aromatic rings. The molecular formula is C17H17ClN2O. The Hall–Kier alpha value is -2.02. The average Bonchev–Trinajstić information content (AvgIpc) is 2.52. The van der Waals surface area contributed by atoms with E-state index in [-0.39, 0.29) is 0 Å². The van der Waals surface area contributed by atoms with Crippen LogP contribution in [0.5, 0.6) is 5.75 Å². The van der Waals surface area contributed by atoms with Gasteiger partial charge in [0, 0.05) is 12.1 Å². The Morgan fingerprint density at radius 2 is 1.95 bits per heavy atom. The molecule has 3 nitrogen and oxygen atoms in total. The topological polar surface area (TPSA) is 45.0 Å². The fourth-order valence-electron chi connectivity index (χ4n) is 1.95. The summed E-state index contributed by atoms with van der Waals surface area (Å²) in [6.45, 7) is 4.09. The molecule has 0 fully saturated rings. The van der Waals surface area contributed by atoms with Gasteiger partial charge in [0.1, 0.15) is 12.4 Å². The van der Waals surface area contributed by atoms with E-state index in [2.05, 4.69) is 18.3 Å². The number of halogens is 1. The number of hydrogen-bond acceptors (Lipinski definition) is 3. The number of benzene rings is 2. The van der Waals surface area contributed by atoms with Crippen molar-refractivity contribution in [2.45, 2.75) is 20.1 Å². The Labute approximate surface area is 130 Å². The SMILES string of the molecule is CCNCc1cccc(Cl)c1OCc1ccc(C#N)cc1. The summed E-state index contributed by atoms with van der Waals surface area (Å²) in [6.07, 6.45) is 0. The Balaban J connectivity index is 2.09. The molecule has 0 radical (unpaired) electrons. The van der Waals surface area contributed by atoms with E-state index in [0.29, 0.717) is 22.9 Å². The number of para-hydroxylation sites is 1. The lowest BCUT2D eigenvalue weighted by molar-refractivity contribution is 0.302. The van der Waals surface area contributed by atoms with Gasteiger partial charge in [-0.3, -0.25) is 0 Å². The number of nitrogens with one attached hydrogen (secondary N) is 1. The summed E-state index contributed by atoms with van der Waals surface area (Å²) in [5.41, 5.74) is 2.69.